The van der Waals surface area contributed by atoms with Gasteiger partial charge in [-0.2, -0.15) is 0 Å². The van der Waals surface area contributed by atoms with Crippen LogP contribution in [0.2, 0.25) is 5.02 Å². The van der Waals surface area contributed by atoms with Gasteiger partial charge in [0, 0.05) is 6.20 Å². The Kier molecular flexibility index (Phi) is 5.32. The van der Waals surface area contributed by atoms with Gasteiger partial charge < -0.3 is 14.8 Å². The number of nitrogens with zero attached hydrogens (tertiary/aromatic N) is 2. The molecule has 0 saturated carbocycles. The van der Waals surface area contributed by atoms with Crippen LogP contribution in [-0.2, 0) is 9.47 Å². The van der Waals surface area contributed by atoms with Crippen molar-refractivity contribution in [3.8, 4) is 0 Å². The highest BCUT2D eigenvalue weighted by atomic mass is 35.5. The number of nitrogens with one attached hydrogen (secondary N) is 2. The highest BCUT2D eigenvalue weighted by Crippen LogP contribution is 2.25. The topological polar surface area (TPSA) is 76.9 Å². The third-order valence-corrected chi connectivity index (χ3v) is 4.03. The van der Waals surface area contributed by atoms with Gasteiger partial charge in [-0.1, -0.05) is 29.8 Å². The Labute approximate surface area is 163 Å². The zero-order chi connectivity index (χ0) is 19.6. The number of aromatic nitrogens is 1. The Morgan fingerprint density at radius 3 is 2.70 bits per heavy atom. The summed E-state index contributed by atoms with van der Waals surface area (Å²) in [6.07, 6.45) is 0.711. The monoisotopic (exact) mass is 390 g/mol. The molecular formula is C19H23ClN4O3. The molecule has 1 amide bonds. The molecule has 1 aliphatic rings. The van der Waals surface area contributed by atoms with Gasteiger partial charge in [0.05, 0.1) is 16.8 Å². The Hall–Kier alpha value is -2.67. The number of hydrogen-bond acceptors (Lipinski definition) is 5. The molecule has 0 bridgehead atoms. The van der Waals surface area contributed by atoms with Crippen molar-refractivity contribution in [3.63, 3.8) is 0 Å². The maximum atomic E-state index is 12.1. The third-order valence-electron chi connectivity index (χ3n) is 3.73. The van der Waals surface area contributed by atoms with Crippen LogP contribution in [0.4, 0.5) is 10.5 Å². The number of para-hydroxylation sites is 1. The molecule has 0 aliphatic carbocycles. The van der Waals surface area contributed by atoms with E-state index in [2.05, 4.69) is 15.7 Å². The van der Waals surface area contributed by atoms with Crippen LogP contribution in [0.1, 0.15) is 33.4 Å². The standard InChI is InChI=1S/C19H23ClN4O3/c1-12(21-18(25)27-19(2,3)4)16-23-24-11-10-14(20)15(24)17(26-16)22-13-8-6-5-7-9-13/h5-12,16,23H,1-4H3,(H,21,25)/b22-17-/t12-,16?/m0/s1. The molecule has 1 aromatic heterocycles. The summed E-state index contributed by atoms with van der Waals surface area (Å²) >= 11 is 6.29. The van der Waals surface area contributed by atoms with Gasteiger partial charge in [-0.05, 0) is 45.9 Å². The lowest BCUT2D eigenvalue weighted by Gasteiger charge is -2.33. The predicted molar refractivity (Wildman–Crippen MR) is 105 cm³/mol. The quantitative estimate of drug-likeness (QED) is 0.829. The van der Waals surface area contributed by atoms with E-state index in [1.807, 2.05) is 58.0 Å². The van der Waals surface area contributed by atoms with Gasteiger partial charge in [-0.3, -0.25) is 10.1 Å². The van der Waals surface area contributed by atoms with E-state index in [1.165, 1.54) is 0 Å². The lowest BCUT2D eigenvalue weighted by atomic mass is 10.2. The van der Waals surface area contributed by atoms with E-state index < -0.39 is 24.0 Å². The van der Waals surface area contributed by atoms with Crippen LogP contribution in [0.3, 0.4) is 0 Å². The van der Waals surface area contributed by atoms with Gasteiger partial charge in [0.25, 0.3) is 0 Å². The summed E-state index contributed by atoms with van der Waals surface area (Å²) in [5, 5.41) is 3.30. The summed E-state index contributed by atoms with van der Waals surface area (Å²) in [6.45, 7) is 7.25. The molecule has 0 radical (unpaired) electrons. The number of rotatable bonds is 3. The number of carbonyl (C=O) groups excluding carboxylic acids is 1. The zero-order valence-electron chi connectivity index (χ0n) is 15.7. The van der Waals surface area contributed by atoms with Crippen LogP contribution in [0.25, 0.3) is 0 Å². The molecule has 2 heterocycles. The van der Waals surface area contributed by atoms with Gasteiger partial charge in [0.2, 0.25) is 12.1 Å². The Bertz CT molecular complexity index is 842. The van der Waals surface area contributed by atoms with Crippen molar-refractivity contribution in [2.75, 3.05) is 5.43 Å². The largest absolute Gasteiger partial charge is 0.448 e. The van der Waals surface area contributed by atoms with Crippen LogP contribution < -0.4 is 10.7 Å². The molecular weight excluding hydrogens is 368 g/mol. The Morgan fingerprint density at radius 2 is 2.04 bits per heavy atom. The molecule has 2 N–H and O–H groups in total. The average molecular weight is 391 g/mol. The number of amides is 1. The summed E-state index contributed by atoms with van der Waals surface area (Å²) in [4.78, 5) is 16.6. The fourth-order valence-electron chi connectivity index (χ4n) is 2.54. The number of fused-ring (bicyclic) bond motifs is 1. The normalized spacial score (nSPS) is 18.9. The van der Waals surface area contributed by atoms with Crippen molar-refractivity contribution in [3.05, 3.63) is 53.3 Å². The van der Waals surface area contributed by atoms with Gasteiger partial charge in [-0.15, -0.1) is 0 Å². The maximum Gasteiger partial charge on any atom is 0.408 e. The number of hydrogen-bond donors (Lipinski definition) is 2. The van der Waals surface area contributed by atoms with Crippen LogP contribution in [-0.4, -0.2) is 34.5 Å². The second-order valence-electron chi connectivity index (χ2n) is 7.24. The lowest BCUT2D eigenvalue weighted by molar-refractivity contribution is 0.0451. The van der Waals surface area contributed by atoms with Crippen LogP contribution in [0.5, 0.6) is 0 Å². The number of alkyl carbamates (subject to hydrolysis) is 1. The Balaban J connectivity index is 1.81. The van der Waals surface area contributed by atoms with Crippen LogP contribution in [0.15, 0.2) is 47.6 Å². The summed E-state index contributed by atoms with van der Waals surface area (Å²) < 4.78 is 13.1. The molecule has 3 rings (SSSR count). The molecule has 1 aliphatic heterocycles. The number of carbonyl (C=O) groups is 1. The fraction of sp³-hybridized carbons (Fsp3) is 0.368. The Morgan fingerprint density at radius 1 is 1.33 bits per heavy atom. The molecule has 144 valence electrons. The molecule has 1 unspecified atom stereocenters. The molecule has 0 fully saturated rings. The summed E-state index contributed by atoms with van der Waals surface area (Å²) in [6, 6.07) is 10.8. The molecule has 1 aromatic carbocycles. The second-order valence-corrected chi connectivity index (χ2v) is 7.64. The van der Waals surface area contributed by atoms with Crippen molar-refractivity contribution in [2.45, 2.75) is 45.6 Å². The number of benzene rings is 1. The number of ether oxygens (including phenoxy) is 2. The van der Waals surface area contributed by atoms with E-state index in [1.54, 1.807) is 16.9 Å². The SMILES string of the molecule is C[C@H](NC(=O)OC(C)(C)C)C1Nn2ccc(Cl)c2/C(=N/c2ccccc2)O1. The minimum Gasteiger partial charge on any atom is -0.448 e. The van der Waals surface area contributed by atoms with E-state index in [4.69, 9.17) is 21.1 Å². The van der Waals surface area contributed by atoms with Crippen molar-refractivity contribution in [1.29, 1.82) is 0 Å². The molecule has 27 heavy (non-hydrogen) atoms. The summed E-state index contributed by atoms with van der Waals surface area (Å²) in [5.74, 6) is 0.373. The van der Waals surface area contributed by atoms with Gasteiger partial charge in [0.1, 0.15) is 11.3 Å². The lowest BCUT2D eigenvalue weighted by Crippen LogP contribution is -2.53. The summed E-state index contributed by atoms with van der Waals surface area (Å²) in [7, 11) is 0. The molecule has 8 heteroatoms. The van der Waals surface area contributed by atoms with Crippen LogP contribution in [0, 0.1) is 0 Å². The minimum absolute atomic E-state index is 0.373. The smallest absolute Gasteiger partial charge is 0.408 e. The van der Waals surface area contributed by atoms with E-state index in [9.17, 15) is 4.79 Å². The molecule has 0 saturated heterocycles. The van der Waals surface area contributed by atoms with Gasteiger partial charge in [-0.25, -0.2) is 9.79 Å². The average Bonchev–Trinajstić information content (AvgIpc) is 2.95. The second kappa shape index (κ2) is 7.52. The van der Waals surface area contributed by atoms with E-state index in [0.29, 0.717) is 16.6 Å². The zero-order valence-corrected chi connectivity index (χ0v) is 16.4. The molecule has 7 nitrogen and oxygen atoms in total. The van der Waals surface area contributed by atoms with Crippen molar-refractivity contribution in [1.82, 2.24) is 9.99 Å². The molecule has 2 atom stereocenters. The van der Waals surface area contributed by atoms with E-state index >= 15 is 0 Å². The summed E-state index contributed by atoms with van der Waals surface area (Å²) in [5.41, 5.74) is 3.95. The van der Waals surface area contributed by atoms with Crippen molar-refractivity contribution < 1.29 is 14.3 Å². The first kappa shape index (κ1) is 19.1. The van der Waals surface area contributed by atoms with Crippen molar-refractivity contribution >= 4 is 29.3 Å². The van der Waals surface area contributed by atoms with E-state index in [-0.39, 0.29) is 0 Å². The van der Waals surface area contributed by atoms with E-state index in [0.717, 1.165) is 5.69 Å². The maximum absolute atomic E-state index is 12.1. The first-order valence-electron chi connectivity index (χ1n) is 8.66. The first-order chi connectivity index (χ1) is 12.7. The predicted octanol–water partition coefficient (Wildman–Crippen LogP) is 4.03. The van der Waals surface area contributed by atoms with Gasteiger partial charge in [0.15, 0.2) is 0 Å². The highest BCUT2D eigenvalue weighted by molar-refractivity contribution is 6.33. The highest BCUT2D eigenvalue weighted by Gasteiger charge is 2.31. The molecule has 2 aromatic rings. The van der Waals surface area contributed by atoms with Crippen LogP contribution >= 0.6 is 11.6 Å². The van der Waals surface area contributed by atoms with Gasteiger partial charge >= 0.3 is 6.09 Å². The molecule has 0 spiro atoms. The first-order valence-corrected chi connectivity index (χ1v) is 9.04. The fourth-order valence-corrected chi connectivity index (χ4v) is 2.77. The minimum atomic E-state index is -0.578. The third kappa shape index (κ3) is 4.74. The number of aliphatic imine (C=N–C) groups is 1. The van der Waals surface area contributed by atoms with Crippen molar-refractivity contribution in [2.24, 2.45) is 4.99 Å². The number of halogens is 1.